The quantitative estimate of drug-likeness (QED) is 0.384. The van der Waals surface area contributed by atoms with Gasteiger partial charge in [0, 0.05) is 83.1 Å². The SMILES string of the molecule is O=S(=O)(c1cncc2ccccc12)N1CC[C@@H]1CCN1CC=C(c2c[nH]c3ccc(Cl)cc23)CC1. The molecule has 2 aliphatic rings. The number of nitrogens with one attached hydrogen (secondary N) is 1. The third kappa shape index (κ3) is 4.16. The highest BCUT2D eigenvalue weighted by Crippen LogP contribution is 2.33. The zero-order valence-electron chi connectivity index (χ0n) is 19.3. The number of rotatable bonds is 6. The molecular weight excluding hydrogens is 480 g/mol. The molecule has 180 valence electrons. The summed E-state index contributed by atoms with van der Waals surface area (Å²) in [6.07, 6.45) is 10.3. The molecule has 6 rings (SSSR count). The van der Waals surface area contributed by atoms with E-state index in [9.17, 15) is 8.42 Å². The highest BCUT2D eigenvalue weighted by molar-refractivity contribution is 7.89. The topological polar surface area (TPSA) is 69.3 Å². The Hall–Kier alpha value is -2.71. The third-order valence-corrected chi connectivity index (χ3v) is 9.58. The fourth-order valence-corrected chi connectivity index (χ4v) is 7.32. The molecule has 2 aromatic carbocycles. The van der Waals surface area contributed by atoms with Gasteiger partial charge in [-0.3, -0.25) is 9.88 Å². The molecule has 0 saturated carbocycles. The lowest BCUT2D eigenvalue weighted by molar-refractivity contribution is 0.164. The van der Waals surface area contributed by atoms with Crippen molar-refractivity contribution in [3.8, 4) is 0 Å². The van der Waals surface area contributed by atoms with Crippen LogP contribution in [0.15, 0.2) is 72.0 Å². The molecule has 0 amide bonds. The Morgan fingerprint density at radius 3 is 2.77 bits per heavy atom. The number of fused-ring (bicyclic) bond motifs is 2. The van der Waals surface area contributed by atoms with Gasteiger partial charge in [0.25, 0.3) is 0 Å². The van der Waals surface area contributed by atoms with Gasteiger partial charge in [-0.25, -0.2) is 8.42 Å². The van der Waals surface area contributed by atoms with Crippen molar-refractivity contribution in [3.63, 3.8) is 0 Å². The third-order valence-electron chi connectivity index (χ3n) is 7.37. The molecule has 2 aromatic heterocycles. The fraction of sp³-hybridized carbons (Fsp3) is 0.296. The Balaban J connectivity index is 1.12. The summed E-state index contributed by atoms with van der Waals surface area (Å²) < 4.78 is 28.6. The number of hydrogen-bond acceptors (Lipinski definition) is 4. The van der Waals surface area contributed by atoms with Gasteiger partial charge < -0.3 is 4.98 Å². The largest absolute Gasteiger partial charge is 0.361 e. The summed E-state index contributed by atoms with van der Waals surface area (Å²) >= 11 is 6.22. The standard InChI is InChI=1S/C27H27ClN4O2S/c28-21-5-6-26-24(15-21)25(17-30-26)19-7-11-31(12-8-19)13-9-22-10-14-32(22)35(33,34)27-18-29-16-20-3-1-2-4-23(20)27/h1-7,15-18,22,30H,8-14H2/t22-/m0/s1. The van der Waals surface area contributed by atoms with Crippen molar-refractivity contribution < 1.29 is 8.42 Å². The lowest BCUT2D eigenvalue weighted by atomic mass is 9.98. The Kier molecular flexibility index (Phi) is 5.89. The van der Waals surface area contributed by atoms with Gasteiger partial charge in [-0.05, 0) is 43.0 Å². The first-order valence-corrected chi connectivity index (χ1v) is 13.9. The highest BCUT2D eigenvalue weighted by Gasteiger charge is 2.39. The number of hydrogen-bond donors (Lipinski definition) is 1. The number of pyridine rings is 1. The normalized spacial score (nSPS) is 19.7. The fourth-order valence-electron chi connectivity index (χ4n) is 5.29. The van der Waals surface area contributed by atoms with Crippen molar-refractivity contribution in [2.45, 2.75) is 30.2 Å². The van der Waals surface area contributed by atoms with E-state index >= 15 is 0 Å². The first-order chi connectivity index (χ1) is 17.0. The number of benzene rings is 2. The molecule has 4 aromatic rings. The van der Waals surface area contributed by atoms with Gasteiger partial charge >= 0.3 is 0 Å². The Labute approximate surface area is 210 Å². The van der Waals surface area contributed by atoms with E-state index in [2.05, 4.69) is 27.1 Å². The maximum absolute atomic E-state index is 13.4. The minimum Gasteiger partial charge on any atom is -0.361 e. The average Bonchev–Trinajstić information content (AvgIpc) is 3.26. The van der Waals surface area contributed by atoms with Crippen molar-refractivity contribution in [2.75, 3.05) is 26.2 Å². The van der Waals surface area contributed by atoms with E-state index in [0.29, 0.717) is 11.4 Å². The predicted molar refractivity (Wildman–Crippen MR) is 141 cm³/mol. The Morgan fingerprint density at radius 2 is 1.97 bits per heavy atom. The van der Waals surface area contributed by atoms with E-state index in [4.69, 9.17) is 11.6 Å². The maximum atomic E-state index is 13.4. The minimum absolute atomic E-state index is 0.0418. The summed E-state index contributed by atoms with van der Waals surface area (Å²) in [6.45, 7) is 3.29. The number of nitrogens with zero attached hydrogens (tertiary/aromatic N) is 3. The van der Waals surface area contributed by atoms with Crippen molar-refractivity contribution in [1.29, 1.82) is 0 Å². The van der Waals surface area contributed by atoms with Crippen LogP contribution in [0.3, 0.4) is 0 Å². The van der Waals surface area contributed by atoms with Crippen LogP contribution in [0.5, 0.6) is 0 Å². The zero-order chi connectivity index (χ0) is 24.0. The number of H-pyrrole nitrogens is 1. The van der Waals surface area contributed by atoms with Gasteiger partial charge in [-0.15, -0.1) is 0 Å². The molecule has 0 spiro atoms. The molecule has 0 unspecified atom stereocenters. The number of aromatic amines is 1. The highest BCUT2D eigenvalue weighted by atomic mass is 35.5. The van der Waals surface area contributed by atoms with Crippen molar-refractivity contribution in [1.82, 2.24) is 19.2 Å². The van der Waals surface area contributed by atoms with Crippen LogP contribution in [0.2, 0.25) is 5.02 Å². The molecule has 35 heavy (non-hydrogen) atoms. The molecule has 1 saturated heterocycles. The van der Waals surface area contributed by atoms with E-state index < -0.39 is 10.0 Å². The molecule has 0 radical (unpaired) electrons. The van der Waals surface area contributed by atoms with Gasteiger partial charge in [0.15, 0.2) is 0 Å². The van der Waals surface area contributed by atoms with Crippen LogP contribution in [-0.2, 0) is 10.0 Å². The van der Waals surface area contributed by atoms with E-state index in [1.165, 1.54) is 17.3 Å². The van der Waals surface area contributed by atoms with Gasteiger partial charge in [-0.1, -0.05) is 41.9 Å². The van der Waals surface area contributed by atoms with E-state index in [0.717, 1.165) is 65.6 Å². The van der Waals surface area contributed by atoms with E-state index in [1.54, 1.807) is 10.5 Å². The molecule has 4 heterocycles. The minimum atomic E-state index is -3.57. The van der Waals surface area contributed by atoms with Crippen LogP contribution >= 0.6 is 11.6 Å². The summed E-state index contributed by atoms with van der Waals surface area (Å²) in [6, 6.07) is 13.5. The van der Waals surface area contributed by atoms with Crippen molar-refractivity contribution in [3.05, 3.63) is 77.7 Å². The Morgan fingerprint density at radius 1 is 1.09 bits per heavy atom. The van der Waals surface area contributed by atoms with Gasteiger partial charge in [0.05, 0.1) is 0 Å². The summed E-state index contributed by atoms with van der Waals surface area (Å²) in [5.41, 5.74) is 3.66. The van der Waals surface area contributed by atoms with Gasteiger partial charge in [0.2, 0.25) is 10.0 Å². The molecule has 6 nitrogen and oxygen atoms in total. The summed E-state index contributed by atoms with van der Waals surface area (Å²) in [5, 5.41) is 3.49. The summed E-state index contributed by atoms with van der Waals surface area (Å²) in [4.78, 5) is 10.2. The van der Waals surface area contributed by atoms with Crippen LogP contribution in [-0.4, -0.2) is 59.8 Å². The average molecular weight is 507 g/mol. The smallest absolute Gasteiger partial charge is 0.245 e. The van der Waals surface area contributed by atoms with Crippen LogP contribution in [0.4, 0.5) is 0 Å². The zero-order valence-corrected chi connectivity index (χ0v) is 20.9. The number of sulfonamides is 1. The molecule has 1 fully saturated rings. The molecule has 0 aliphatic carbocycles. The number of halogens is 1. The van der Waals surface area contributed by atoms with Gasteiger partial charge in [0.1, 0.15) is 4.90 Å². The van der Waals surface area contributed by atoms with Crippen molar-refractivity contribution in [2.24, 2.45) is 0 Å². The molecule has 1 N–H and O–H groups in total. The van der Waals surface area contributed by atoms with Crippen LogP contribution < -0.4 is 0 Å². The Bertz CT molecular complexity index is 1540. The van der Waals surface area contributed by atoms with Crippen LogP contribution in [0.1, 0.15) is 24.8 Å². The second-order valence-corrected chi connectivity index (χ2v) is 11.7. The first kappa shape index (κ1) is 22.7. The second-order valence-electron chi connectivity index (χ2n) is 9.38. The summed E-state index contributed by atoms with van der Waals surface area (Å²) in [7, 11) is -3.57. The lowest BCUT2D eigenvalue weighted by Crippen LogP contribution is -2.52. The van der Waals surface area contributed by atoms with Gasteiger partial charge in [-0.2, -0.15) is 4.31 Å². The molecule has 1 atom stereocenters. The predicted octanol–water partition coefficient (Wildman–Crippen LogP) is 5.31. The van der Waals surface area contributed by atoms with E-state index in [-0.39, 0.29) is 6.04 Å². The number of aromatic nitrogens is 2. The summed E-state index contributed by atoms with van der Waals surface area (Å²) in [5.74, 6) is 0. The molecule has 0 bridgehead atoms. The second kappa shape index (κ2) is 9.06. The van der Waals surface area contributed by atoms with Crippen LogP contribution in [0.25, 0.3) is 27.2 Å². The lowest BCUT2D eigenvalue weighted by Gasteiger charge is -2.41. The molecule has 2 aliphatic heterocycles. The maximum Gasteiger partial charge on any atom is 0.245 e. The molecular formula is C27H27ClN4O2S. The molecule has 8 heteroatoms. The van der Waals surface area contributed by atoms with E-state index in [1.807, 2.05) is 42.5 Å². The van der Waals surface area contributed by atoms with Crippen molar-refractivity contribution >= 4 is 48.9 Å². The monoisotopic (exact) mass is 506 g/mol. The van der Waals surface area contributed by atoms with Crippen LogP contribution in [0, 0.1) is 0 Å². The first-order valence-electron chi connectivity index (χ1n) is 12.0.